The maximum Gasteiger partial charge on any atom is 0.00458 e. The zero-order valence-corrected chi connectivity index (χ0v) is 13.4. The van der Waals surface area contributed by atoms with E-state index in [0.29, 0.717) is 5.41 Å². The Labute approximate surface area is 115 Å². The van der Waals surface area contributed by atoms with E-state index in [1.807, 2.05) is 0 Å². The van der Waals surface area contributed by atoms with Gasteiger partial charge < -0.3 is 4.90 Å². The average Bonchev–Trinajstić information content (AvgIpc) is 2.30. The van der Waals surface area contributed by atoms with Gasteiger partial charge in [0.25, 0.3) is 0 Å². The van der Waals surface area contributed by atoms with Crippen LogP contribution in [0.2, 0.25) is 0 Å². The van der Waals surface area contributed by atoms with Crippen molar-refractivity contribution >= 4 is 12.6 Å². The summed E-state index contributed by atoms with van der Waals surface area (Å²) in [7, 11) is 0. The third-order valence-corrected chi connectivity index (χ3v) is 4.21. The van der Waals surface area contributed by atoms with Gasteiger partial charge in [-0.25, -0.2) is 0 Å². The second kappa shape index (κ2) is 10.3. The molecule has 0 spiro atoms. The molecule has 0 N–H and O–H groups in total. The maximum atomic E-state index is 4.65. The summed E-state index contributed by atoms with van der Waals surface area (Å²) in [6.45, 7) is 12.9. The summed E-state index contributed by atoms with van der Waals surface area (Å²) in [5, 5.41) is 0. The molecule has 1 nitrogen and oxygen atoms in total. The summed E-state index contributed by atoms with van der Waals surface area (Å²) in [5.74, 6) is 1.04. The molecule has 0 aliphatic rings. The van der Waals surface area contributed by atoms with Crippen molar-refractivity contribution in [2.45, 2.75) is 66.2 Å². The van der Waals surface area contributed by atoms with Crippen molar-refractivity contribution in [2.24, 2.45) is 5.41 Å². The Hall–Kier alpha value is 0.310. The number of hydrogen-bond acceptors (Lipinski definition) is 2. The molecule has 0 atom stereocenters. The summed E-state index contributed by atoms with van der Waals surface area (Å²) in [4.78, 5) is 2.65. The first-order valence-electron chi connectivity index (χ1n) is 7.51. The molecule has 0 saturated heterocycles. The number of rotatable bonds is 11. The zero-order valence-electron chi connectivity index (χ0n) is 12.5. The van der Waals surface area contributed by atoms with Crippen molar-refractivity contribution in [3.63, 3.8) is 0 Å². The van der Waals surface area contributed by atoms with Crippen LogP contribution in [-0.4, -0.2) is 30.3 Å². The Morgan fingerprint density at radius 3 is 1.59 bits per heavy atom. The topological polar surface area (TPSA) is 3.24 Å². The fraction of sp³-hybridized carbons (Fsp3) is 1.00. The highest BCUT2D eigenvalue weighted by Gasteiger charge is 2.28. The van der Waals surface area contributed by atoms with Gasteiger partial charge in [0.05, 0.1) is 0 Å². The molecule has 0 saturated carbocycles. The summed E-state index contributed by atoms with van der Waals surface area (Å²) >= 11 is 4.65. The Morgan fingerprint density at radius 1 is 0.824 bits per heavy atom. The normalized spacial score (nSPS) is 12.4. The van der Waals surface area contributed by atoms with E-state index in [0.717, 1.165) is 5.75 Å². The van der Waals surface area contributed by atoms with Crippen LogP contribution in [0.15, 0.2) is 0 Å². The van der Waals surface area contributed by atoms with Crippen LogP contribution in [0.3, 0.4) is 0 Å². The second-order valence-corrected chi connectivity index (χ2v) is 5.75. The number of thiol groups is 1. The minimum absolute atomic E-state index is 0.455. The highest BCUT2D eigenvalue weighted by atomic mass is 32.1. The van der Waals surface area contributed by atoms with E-state index < -0.39 is 0 Å². The summed E-state index contributed by atoms with van der Waals surface area (Å²) in [5.41, 5.74) is 0.455. The highest BCUT2D eigenvalue weighted by molar-refractivity contribution is 7.80. The van der Waals surface area contributed by atoms with Gasteiger partial charge in [0.2, 0.25) is 0 Å². The average molecular weight is 260 g/mol. The third kappa shape index (κ3) is 6.71. The van der Waals surface area contributed by atoms with Gasteiger partial charge in [0, 0.05) is 6.54 Å². The molecule has 0 rings (SSSR count). The molecule has 0 bridgehead atoms. The van der Waals surface area contributed by atoms with Crippen LogP contribution in [0, 0.1) is 5.41 Å². The van der Waals surface area contributed by atoms with E-state index in [-0.39, 0.29) is 0 Å². The molecule has 0 radical (unpaired) electrons. The van der Waals surface area contributed by atoms with E-state index in [2.05, 4.69) is 45.2 Å². The van der Waals surface area contributed by atoms with E-state index in [1.54, 1.807) is 0 Å². The largest absolute Gasteiger partial charge is 0.303 e. The molecule has 0 aliphatic carbocycles. The van der Waals surface area contributed by atoms with Crippen molar-refractivity contribution in [3.8, 4) is 0 Å². The van der Waals surface area contributed by atoms with Crippen molar-refractivity contribution in [1.82, 2.24) is 4.90 Å². The van der Waals surface area contributed by atoms with E-state index in [9.17, 15) is 0 Å². The molecule has 0 aromatic rings. The first-order valence-corrected chi connectivity index (χ1v) is 8.14. The summed E-state index contributed by atoms with van der Waals surface area (Å²) in [6, 6.07) is 0. The lowest BCUT2D eigenvalue weighted by atomic mass is 9.80. The molecule has 17 heavy (non-hydrogen) atoms. The zero-order chi connectivity index (χ0) is 13.1. The summed E-state index contributed by atoms with van der Waals surface area (Å²) < 4.78 is 0. The lowest BCUT2D eigenvalue weighted by Gasteiger charge is -2.37. The maximum absolute atomic E-state index is 4.65. The Morgan fingerprint density at radius 2 is 1.29 bits per heavy atom. The Balaban J connectivity index is 4.53. The van der Waals surface area contributed by atoms with Crippen LogP contribution in [0.25, 0.3) is 0 Å². The van der Waals surface area contributed by atoms with Crippen LogP contribution < -0.4 is 0 Å². The van der Waals surface area contributed by atoms with Gasteiger partial charge in [-0.05, 0) is 49.9 Å². The molecule has 0 fully saturated rings. The first kappa shape index (κ1) is 17.3. The lowest BCUT2D eigenvalue weighted by Crippen LogP contribution is -2.40. The molecule has 0 aromatic carbocycles. The van der Waals surface area contributed by atoms with Gasteiger partial charge in [-0.2, -0.15) is 12.6 Å². The van der Waals surface area contributed by atoms with E-state index in [4.69, 9.17) is 0 Å². The minimum atomic E-state index is 0.455. The molecular weight excluding hydrogens is 226 g/mol. The Bertz CT molecular complexity index is 158. The van der Waals surface area contributed by atoms with Crippen LogP contribution >= 0.6 is 12.6 Å². The van der Waals surface area contributed by atoms with Gasteiger partial charge in [-0.15, -0.1) is 0 Å². The van der Waals surface area contributed by atoms with Crippen LogP contribution in [0.4, 0.5) is 0 Å². The smallest absolute Gasteiger partial charge is 0.00458 e. The third-order valence-electron chi connectivity index (χ3n) is 3.53. The molecule has 0 aliphatic heterocycles. The standard InChI is InChI=1S/C15H33NS/c1-5-9-15(14-17,10-6-2)13-16(11-7-3)12-8-4/h17H,5-14H2,1-4H3. The van der Waals surface area contributed by atoms with Crippen molar-refractivity contribution in [3.05, 3.63) is 0 Å². The van der Waals surface area contributed by atoms with Crippen molar-refractivity contribution in [2.75, 3.05) is 25.4 Å². The monoisotopic (exact) mass is 259 g/mol. The predicted molar refractivity (Wildman–Crippen MR) is 83.1 cm³/mol. The highest BCUT2D eigenvalue weighted by Crippen LogP contribution is 2.32. The van der Waals surface area contributed by atoms with Gasteiger partial charge in [-0.3, -0.25) is 0 Å². The second-order valence-electron chi connectivity index (χ2n) is 5.43. The first-order chi connectivity index (χ1) is 8.17. The number of hydrogen-bond donors (Lipinski definition) is 1. The molecule has 104 valence electrons. The molecular formula is C15H33NS. The van der Waals surface area contributed by atoms with Gasteiger partial charge in [0.15, 0.2) is 0 Å². The fourth-order valence-corrected chi connectivity index (χ4v) is 3.34. The van der Waals surface area contributed by atoms with Crippen molar-refractivity contribution in [1.29, 1.82) is 0 Å². The quantitative estimate of drug-likeness (QED) is 0.530. The molecule has 0 amide bonds. The minimum Gasteiger partial charge on any atom is -0.303 e. The van der Waals surface area contributed by atoms with Gasteiger partial charge in [0.1, 0.15) is 0 Å². The van der Waals surface area contributed by atoms with E-state index >= 15 is 0 Å². The van der Waals surface area contributed by atoms with Crippen LogP contribution in [0.1, 0.15) is 66.2 Å². The van der Waals surface area contributed by atoms with Gasteiger partial charge >= 0.3 is 0 Å². The molecule has 0 unspecified atom stereocenters. The van der Waals surface area contributed by atoms with Crippen LogP contribution in [0.5, 0.6) is 0 Å². The lowest BCUT2D eigenvalue weighted by molar-refractivity contribution is 0.146. The summed E-state index contributed by atoms with van der Waals surface area (Å²) in [6.07, 6.45) is 7.75. The molecule has 0 aromatic heterocycles. The van der Waals surface area contributed by atoms with Crippen LogP contribution in [-0.2, 0) is 0 Å². The fourth-order valence-electron chi connectivity index (χ4n) is 2.93. The van der Waals surface area contributed by atoms with E-state index in [1.165, 1.54) is 58.2 Å². The molecule has 0 heterocycles. The Kier molecular flexibility index (Phi) is 10.4. The number of nitrogens with zero attached hydrogens (tertiary/aromatic N) is 1. The molecule has 2 heteroatoms. The van der Waals surface area contributed by atoms with Gasteiger partial charge in [-0.1, -0.05) is 40.5 Å². The van der Waals surface area contributed by atoms with Crippen molar-refractivity contribution < 1.29 is 0 Å². The SMILES string of the molecule is CCCN(CCC)CC(CS)(CCC)CCC. The predicted octanol–water partition coefficient (Wildman–Crippen LogP) is 4.62.